The fraction of sp³-hybridized carbons (Fsp3) is 0.160. The monoisotopic (exact) mass is 383 g/mol. The van der Waals surface area contributed by atoms with Crippen LogP contribution in [0, 0.1) is 0 Å². The van der Waals surface area contributed by atoms with Crippen molar-refractivity contribution in [1.29, 1.82) is 0 Å². The van der Waals surface area contributed by atoms with Crippen molar-refractivity contribution in [1.82, 2.24) is 5.06 Å². The molecule has 1 heterocycles. The summed E-state index contributed by atoms with van der Waals surface area (Å²) in [5.41, 5.74) is -0.447. The Morgan fingerprint density at radius 1 is 0.828 bits per heavy atom. The lowest BCUT2D eigenvalue weighted by atomic mass is 9.86. The lowest BCUT2D eigenvalue weighted by molar-refractivity contribution is -0.184. The first kappa shape index (κ1) is 17.9. The van der Waals surface area contributed by atoms with E-state index in [-0.39, 0.29) is 0 Å². The first-order chi connectivity index (χ1) is 14.2. The van der Waals surface area contributed by atoms with E-state index in [4.69, 9.17) is 4.74 Å². The molecule has 0 aliphatic carbocycles. The van der Waals surface area contributed by atoms with Crippen molar-refractivity contribution < 1.29 is 14.7 Å². The topological polar surface area (TPSA) is 49.8 Å². The minimum Gasteiger partial charge on any atom is -0.425 e. The van der Waals surface area contributed by atoms with Gasteiger partial charge in [0.15, 0.2) is 5.54 Å². The van der Waals surface area contributed by atoms with Gasteiger partial charge >= 0.3 is 5.97 Å². The molecule has 1 aliphatic heterocycles. The molecule has 4 nitrogen and oxygen atoms in total. The van der Waals surface area contributed by atoms with Crippen LogP contribution in [0.15, 0.2) is 84.9 Å². The van der Waals surface area contributed by atoms with Crippen molar-refractivity contribution in [2.45, 2.75) is 18.4 Å². The molecule has 4 aromatic carbocycles. The van der Waals surface area contributed by atoms with E-state index in [0.29, 0.717) is 18.7 Å². The van der Waals surface area contributed by atoms with E-state index in [0.717, 1.165) is 38.6 Å². The molecule has 5 rings (SSSR count). The maximum atomic E-state index is 13.4. The highest BCUT2D eigenvalue weighted by molar-refractivity contribution is 5.90. The Labute approximate surface area is 168 Å². The average Bonchev–Trinajstić information content (AvgIpc) is 3.15. The van der Waals surface area contributed by atoms with Gasteiger partial charge in [-0.15, -0.1) is 0 Å². The van der Waals surface area contributed by atoms with Gasteiger partial charge in [-0.3, -0.25) is 0 Å². The highest BCUT2D eigenvalue weighted by Gasteiger charge is 2.50. The summed E-state index contributed by atoms with van der Waals surface area (Å²) in [6.07, 6.45) is 1.23. The number of nitrogens with zero attached hydrogens (tertiary/aromatic N) is 1. The van der Waals surface area contributed by atoms with Crippen LogP contribution in [0.2, 0.25) is 0 Å². The Balaban J connectivity index is 1.55. The number of rotatable bonds is 3. The second-order valence-electron chi connectivity index (χ2n) is 7.55. The molecule has 1 fully saturated rings. The summed E-state index contributed by atoms with van der Waals surface area (Å²) < 4.78 is 5.81. The van der Waals surface area contributed by atoms with Crippen LogP contribution in [0.5, 0.6) is 5.75 Å². The molecule has 0 amide bonds. The highest BCUT2D eigenvalue weighted by Crippen LogP contribution is 2.40. The minimum absolute atomic E-state index is 0.430. The normalized spacial score (nSPS) is 19.6. The molecule has 0 spiro atoms. The van der Waals surface area contributed by atoms with Crippen molar-refractivity contribution in [2.24, 2.45) is 0 Å². The highest BCUT2D eigenvalue weighted by atomic mass is 16.6. The molecular formula is C25H21NO3. The molecule has 0 aromatic heterocycles. The van der Waals surface area contributed by atoms with Gasteiger partial charge in [0, 0.05) is 6.54 Å². The lowest BCUT2D eigenvalue weighted by Crippen LogP contribution is -2.48. The van der Waals surface area contributed by atoms with Crippen LogP contribution in [0.3, 0.4) is 0 Å². The van der Waals surface area contributed by atoms with Gasteiger partial charge in [-0.1, -0.05) is 66.7 Å². The van der Waals surface area contributed by atoms with Crippen molar-refractivity contribution in [3.8, 4) is 5.75 Å². The second-order valence-corrected chi connectivity index (χ2v) is 7.55. The standard InChI is InChI=1S/C25H21NO3/c27-24(29-23-13-11-19-7-2-4-9-21(19)17-23)25(14-5-15-26(25)28)22-12-10-18-6-1-3-8-20(18)16-22/h1-4,6-13,16-17,28H,5,14-15H2/t25-/m1/s1. The maximum Gasteiger partial charge on any atom is 0.338 e. The van der Waals surface area contributed by atoms with Crippen LogP contribution >= 0.6 is 0 Å². The predicted molar refractivity (Wildman–Crippen MR) is 113 cm³/mol. The summed E-state index contributed by atoms with van der Waals surface area (Å²) in [4.78, 5) is 13.4. The first-order valence-corrected chi connectivity index (χ1v) is 9.84. The second kappa shape index (κ2) is 6.99. The van der Waals surface area contributed by atoms with Crippen LogP contribution in [0.25, 0.3) is 21.5 Å². The fourth-order valence-corrected chi connectivity index (χ4v) is 4.29. The summed E-state index contributed by atoms with van der Waals surface area (Å²) in [6.45, 7) is 0.430. The number of hydrogen-bond donors (Lipinski definition) is 1. The zero-order valence-corrected chi connectivity index (χ0v) is 15.9. The molecule has 1 atom stereocenters. The van der Waals surface area contributed by atoms with E-state index >= 15 is 0 Å². The van der Waals surface area contributed by atoms with Gasteiger partial charge in [-0.2, -0.15) is 5.06 Å². The minimum atomic E-state index is -1.20. The summed E-state index contributed by atoms with van der Waals surface area (Å²) in [5, 5.41) is 16.1. The Bertz CT molecular complexity index is 1220. The third kappa shape index (κ3) is 2.97. The molecule has 1 aliphatic rings. The maximum absolute atomic E-state index is 13.4. The molecule has 4 aromatic rings. The van der Waals surface area contributed by atoms with Crippen LogP contribution in [0.4, 0.5) is 0 Å². The van der Waals surface area contributed by atoms with Gasteiger partial charge in [-0.05, 0) is 58.1 Å². The number of fused-ring (bicyclic) bond motifs is 2. The Morgan fingerprint density at radius 3 is 2.10 bits per heavy atom. The van der Waals surface area contributed by atoms with E-state index in [2.05, 4.69) is 0 Å². The molecule has 1 saturated heterocycles. The zero-order valence-electron chi connectivity index (χ0n) is 15.9. The first-order valence-electron chi connectivity index (χ1n) is 9.84. The van der Waals surface area contributed by atoms with E-state index in [1.54, 1.807) is 6.07 Å². The van der Waals surface area contributed by atoms with Gasteiger partial charge in [0.2, 0.25) is 0 Å². The Morgan fingerprint density at radius 2 is 1.45 bits per heavy atom. The number of esters is 1. The average molecular weight is 383 g/mol. The molecule has 4 heteroatoms. The van der Waals surface area contributed by atoms with E-state index < -0.39 is 11.5 Å². The summed E-state index contributed by atoms with van der Waals surface area (Å²) in [7, 11) is 0. The van der Waals surface area contributed by atoms with E-state index in [9.17, 15) is 10.0 Å². The van der Waals surface area contributed by atoms with Crippen LogP contribution in [-0.2, 0) is 10.3 Å². The molecule has 29 heavy (non-hydrogen) atoms. The predicted octanol–water partition coefficient (Wildman–Crippen LogP) is 5.28. The number of carbonyl (C=O) groups excluding carboxylic acids is 1. The van der Waals surface area contributed by atoms with E-state index in [1.165, 1.54) is 0 Å². The van der Waals surface area contributed by atoms with Crippen LogP contribution < -0.4 is 4.74 Å². The molecule has 0 radical (unpaired) electrons. The molecule has 144 valence electrons. The van der Waals surface area contributed by atoms with Crippen molar-refractivity contribution in [3.63, 3.8) is 0 Å². The van der Waals surface area contributed by atoms with Gasteiger partial charge in [0.25, 0.3) is 0 Å². The number of hydrogen-bond acceptors (Lipinski definition) is 4. The summed E-state index contributed by atoms with van der Waals surface area (Å²) >= 11 is 0. The number of carbonyl (C=O) groups is 1. The largest absolute Gasteiger partial charge is 0.425 e. The number of benzene rings is 4. The molecule has 1 N–H and O–H groups in total. The van der Waals surface area contributed by atoms with Gasteiger partial charge in [0.1, 0.15) is 5.75 Å². The van der Waals surface area contributed by atoms with Crippen LogP contribution in [0.1, 0.15) is 18.4 Å². The SMILES string of the molecule is O=C(Oc1ccc2ccccc2c1)[C@]1(c2ccc3ccccc3c2)CCCN1O. The number of hydroxylamine groups is 2. The summed E-state index contributed by atoms with van der Waals surface area (Å²) in [5.74, 6) is 0.0252. The molecular weight excluding hydrogens is 362 g/mol. The van der Waals surface area contributed by atoms with E-state index in [1.807, 2.05) is 78.9 Å². The molecule has 0 saturated carbocycles. The number of ether oxygens (including phenoxy) is 1. The fourth-order valence-electron chi connectivity index (χ4n) is 4.29. The molecule has 0 unspecified atom stereocenters. The van der Waals surface area contributed by atoms with Gasteiger partial charge in [-0.25, -0.2) is 4.79 Å². The van der Waals surface area contributed by atoms with Crippen molar-refractivity contribution >= 4 is 27.5 Å². The smallest absolute Gasteiger partial charge is 0.338 e. The van der Waals surface area contributed by atoms with Crippen LogP contribution in [-0.4, -0.2) is 22.8 Å². The molecule has 0 bridgehead atoms. The zero-order chi connectivity index (χ0) is 19.8. The Kier molecular flexibility index (Phi) is 4.31. The van der Waals surface area contributed by atoms with Gasteiger partial charge in [0.05, 0.1) is 0 Å². The third-order valence-electron chi connectivity index (χ3n) is 5.85. The third-order valence-corrected chi connectivity index (χ3v) is 5.85. The van der Waals surface area contributed by atoms with Crippen molar-refractivity contribution in [2.75, 3.05) is 6.54 Å². The van der Waals surface area contributed by atoms with Crippen molar-refractivity contribution in [3.05, 3.63) is 90.5 Å². The van der Waals surface area contributed by atoms with Gasteiger partial charge < -0.3 is 9.94 Å². The Hall–Kier alpha value is -3.21. The summed E-state index contributed by atoms with van der Waals surface area (Å²) in [6, 6.07) is 27.4. The quantitative estimate of drug-likeness (QED) is 0.386. The lowest BCUT2D eigenvalue weighted by Gasteiger charge is -2.32.